The van der Waals surface area contributed by atoms with Crippen LogP contribution in [0.5, 0.6) is 0 Å². The van der Waals surface area contributed by atoms with Gasteiger partial charge in [-0.2, -0.15) is 0 Å². The maximum atomic E-state index is 2.46. The Bertz CT molecular complexity index is 90.6. The monoisotopic (exact) mass is 151 g/mol. The Morgan fingerprint density at radius 1 is 0.545 bits per heavy atom. The molecular weight excluding hydrogens is 132 g/mol. The van der Waals surface area contributed by atoms with Crippen molar-refractivity contribution in [3.63, 3.8) is 0 Å². The summed E-state index contributed by atoms with van der Waals surface area (Å²) in [5, 5.41) is 0. The van der Waals surface area contributed by atoms with Crippen molar-refractivity contribution in [2.75, 3.05) is 0 Å². The van der Waals surface area contributed by atoms with Gasteiger partial charge in [0, 0.05) is 0 Å². The molecule has 0 bridgehead atoms. The minimum atomic E-state index is 1.29. The Hall–Kier alpha value is -0.260. The zero-order chi connectivity index (χ0) is 7.78. The van der Waals surface area contributed by atoms with E-state index < -0.39 is 0 Å². The molecule has 0 heterocycles. The molecule has 0 unspecified atom stereocenters. The molecule has 0 amide bonds. The van der Waals surface area contributed by atoms with E-state index in [1.165, 1.54) is 51.4 Å². The molecule has 0 fully saturated rings. The third-order valence-corrected chi connectivity index (χ3v) is 2.22. The van der Waals surface area contributed by atoms with E-state index in [1.807, 2.05) is 0 Å². The molecule has 63 valence electrons. The zero-order valence-corrected chi connectivity index (χ0v) is 7.39. The number of hydrogen-bond donors (Lipinski definition) is 0. The predicted molar refractivity (Wildman–Crippen MR) is 50.4 cm³/mol. The molecule has 0 heteroatoms. The topological polar surface area (TPSA) is 0 Å². The Labute approximate surface area is 70.7 Å². The summed E-state index contributed by atoms with van der Waals surface area (Å²) in [5.41, 5.74) is 0. The van der Waals surface area contributed by atoms with Crippen LogP contribution in [0.3, 0.4) is 0 Å². The van der Waals surface area contributed by atoms with Crippen molar-refractivity contribution in [3.8, 4) is 0 Å². The van der Waals surface area contributed by atoms with Gasteiger partial charge >= 0.3 is 0 Å². The van der Waals surface area contributed by atoms with Crippen molar-refractivity contribution in [1.29, 1.82) is 0 Å². The highest BCUT2D eigenvalue weighted by Gasteiger charge is 1.92. The van der Waals surface area contributed by atoms with Crippen LogP contribution in [0.1, 0.15) is 51.4 Å². The van der Waals surface area contributed by atoms with Gasteiger partial charge in [0.15, 0.2) is 0 Å². The van der Waals surface area contributed by atoms with Gasteiger partial charge < -0.3 is 0 Å². The van der Waals surface area contributed by atoms with Crippen LogP contribution in [-0.4, -0.2) is 0 Å². The lowest BCUT2D eigenvalue weighted by Crippen LogP contribution is -1.79. The van der Waals surface area contributed by atoms with Crippen LogP contribution < -0.4 is 0 Å². The van der Waals surface area contributed by atoms with Gasteiger partial charge in [-0.1, -0.05) is 31.4 Å². The van der Waals surface area contributed by atoms with Crippen LogP contribution in [-0.2, 0) is 0 Å². The minimum absolute atomic E-state index is 1.29. The lowest BCUT2D eigenvalue weighted by atomic mass is 10.1. The minimum Gasteiger partial charge on any atom is -0.0885 e. The second-order valence-corrected chi connectivity index (χ2v) is 3.33. The van der Waals surface area contributed by atoms with Gasteiger partial charge in [0.25, 0.3) is 0 Å². The fourth-order valence-electron chi connectivity index (χ4n) is 1.49. The molecule has 0 spiro atoms. The lowest BCUT2D eigenvalue weighted by molar-refractivity contribution is 0.666. The third kappa shape index (κ3) is 5.06. The molecule has 0 saturated carbocycles. The van der Waals surface area contributed by atoms with Crippen molar-refractivity contribution in [3.05, 3.63) is 18.6 Å². The highest BCUT2D eigenvalue weighted by atomic mass is 14.0. The van der Waals surface area contributed by atoms with E-state index in [-0.39, 0.29) is 0 Å². The number of rotatable bonds is 0. The summed E-state index contributed by atoms with van der Waals surface area (Å²) in [5.74, 6) is 0. The molecule has 0 N–H and O–H groups in total. The Morgan fingerprint density at radius 3 is 2.09 bits per heavy atom. The van der Waals surface area contributed by atoms with Crippen molar-refractivity contribution in [2.45, 2.75) is 51.4 Å². The van der Waals surface area contributed by atoms with Crippen LogP contribution in [0.25, 0.3) is 0 Å². The van der Waals surface area contributed by atoms with Crippen LogP contribution in [0.4, 0.5) is 0 Å². The molecule has 0 aromatic heterocycles. The first-order chi connectivity index (χ1) is 5.50. The maximum absolute atomic E-state index is 2.46. The van der Waals surface area contributed by atoms with Crippen molar-refractivity contribution < 1.29 is 0 Å². The fraction of sp³-hybridized carbons (Fsp3) is 0.727. The van der Waals surface area contributed by atoms with Gasteiger partial charge in [-0.3, -0.25) is 0 Å². The first-order valence-electron chi connectivity index (χ1n) is 4.97. The summed E-state index contributed by atoms with van der Waals surface area (Å²) in [6.45, 7) is 0. The molecule has 1 rings (SSSR count). The van der Waals surface area contributed by atoms with Gasteiger partial charge in [0.2, 0.25) is 0 Å². The predicted octanol–water partition coefficient (Wildman–Crippen LogP) is 3.88. The third-order valence-electron chi connectivity index (χ3n) is 2.22. The van der Waals surface area contributed by atoms with E-state index in [4.69, 9.17) is 0 Å². The van der Waals surface area contributed by atoms with Crippen LogP contribution in [0.2, 0.25) is 0 Å². The largest absolute Gasteiger partial charge is 0.0885 e. The van der Waals surface area contributed by atoms with Gasteiger partial charge in [-0.25, -0.2) is 0 Å². The normalized spacial score (nSPS) is 25.5. The second kappa shape index (κ2) is 6.45. The van der Waals surface area contributed by atoms with E-state index in [1.54, 1.807) is 0 Å². The van der Waals surface area contributed by atoms with Crippen LogP contribution in [0.15, 0.2) is 12.2 Å². The van der Waals surface area contributed by atoms with Gasteiger partial charge in [0.05, 0.1) is 0 Å². The molecule has 1 aliphatic carbocycles. The Balaban J connectivity index is 2.11. The lowest BCUT2D eigenvalue weighted by Gasteiger charge is -1.97. The van der Waals surface area contributed by atoms with Gasteiger partial charge in [0.1, 0.15) is 0 Å². The molecular formula is C11H19. The summed E-state index contributed by atoms with van der Waals surface area (Å²) in [6, 6.07) is 0. The van der Waals surface area contributed by atoms with E-state index in [0.717, 1.165) is 0 Å². The highest BCUT2D eigenvalue weighted by molar-refractivity contribution is 4.82. The van der Waals surface area contributed by atoms with Crippen LogP contribution >= 0.6 is 0 Å². The zero-order valence-electron chi connectivity index (χ0n) is 7.39. The Morgan fingerprint density at radius 2 is 1.18 bits per heavy atom. The van der Waals surface area contributed by atoms with E-state index in [0.29, 0.717) is 0 Å². The van der Waals surface area contributed by atoms with E-state index in [9.17, 15) is 0 Å². The van der Waals surface area contributed by atoms with Crippen LogP contribution in [0, 0.1) is 6.42 Å². The molecule has 0 aromatic rings. The quantitative estimate of drug-likeness (QED) is 0.461. The van der Waals surface area contributed by atoms with Gasteiger partial charge in [-0.15, -0.1) is 0 Å². The van der Waals surface area contributed by atoms with E-state index in [2.05, 4.69) is 18.6 Å². The maximum Gasteiger partial charge on any atom is -0.0351 e. The molecule has 0 aromatic carbocycles. The molecule has 0 atom stereocenters. The average molecular weight is 151 g/mol. The highest BCUT2D eigenvalue weighted by Crippen LogP contribution is 2.11. The molecule has 11 heavy (non-hydrogen) atoms. The summed E-state index contributed by atoms with van der Waals surface area (Å²) in [6.07, 6.45) is 18.0. The molecule has 0 aliphatic heterocycles. The molecule has 0 saturated heterocycles. The first kappa shape index (κ1) is 8.83. The average Bonchev–Trinajstić information content (AvgIpc) is 2.08. The first-order valence-corrected chi connectivity index (χ1v) is 4.97. The van der Waals surface area contributed by atoms with Crippen molar-refractivity contribution >= 4 is 0 Å². The van der Waals surface area contributed by atoms with Gasteiger partial charge in [-0.05, 0) is 38.5 Å². The number of hydrogen-bond acceptors (Lipinski definition) is 0. The number of allylic oxidation sites excluding steroid dienone is 2. The Kier molecular flexibility index (Phi) is 5.18. The summed E-state index contributed by atoms with van der Waals surface area (Å²) in [7, 11) is 0. The summed E-state index contributed by atoms with van der Waals surface area (Å²) < 4.78 is 0. The standard InChI is InChI=1S/C11H19/c1-2-4-6-8-10-11-9-7-5-3-1/h1-2,9H,3-8,10-11H2/b2-1-. The van der Waals surface area contributed by atoms with E-state index >= 15 is 0 Å². The summed E-state index contributed by atoms with van der Waals surface area (Å²) in [4.78, 5) is 0. The smallest absolute Gasteiger partial charge is 0.0351 e. The summed E-state index contributed by atoms with van der Waals surface area (Å²) >= 11 is 0. The molecule has 1 aliphatic rings. The fourth-order valence-corrected chi connectivity index (χ4v) is 1.49. The molecule has 1 radical (unpaired) electrons. The van der Waals surface area contributed by atoms with Crippen molar-refractivity contribution in [1.82, 2.24) is 0 Å². The second-order valence-electron chi connectivity index (χ2n) is 3.33. The molecule has 0 nitrogen and oxygen atoms in total. The van der Waals surface area contributed by atoms with Crippen molar-refractivity contribution in [2.24, 2.45) is 0 Å². The SMILES string of the molecule is [CH]1CCC/C=C\CCCCC1.